The summed E-state index contributed by atoms with van der Waals surface area (Å²) in [7, 11) is 0.908. The number of halogens is 4. The number of rotatable bonds is 5. The largest absolute Gasteiger partial charge is 0.479 e. The normalized spacial score (nSPS) is 12.9. The average Bonchev–Trinajstić information content (AvgIpc) is 3.27. The van der Waals surface area contributed by atoms with Gasteiger partial charge < -0.3 is 14.0 Å². The number of hydrogen-bond donors (Lipinski definition) is 0. The molecule has 0 N–H and O–H groups in total. The van der Waals surface area contributed by atoms with Crippen molar-refractivity contribution in [1.82, 2.24) is 14.3 Å². The first-order valence-electron chi connectivity index (χ1n) is 12.0. The molecule has 0 aliphatic rings. The van der Waals surface area contributed by atoms with Crippen LogP contribution < -0.4 is 16.0 Å². The van der Waals surface area contributed by atoms with Crippen molar-refractivity contribution >= 4 is 28.5 Å². The third-order valence-corrected chi connectivity index (χ3v) is 6.31. The minimum Gasteiger partial charge on any atom is -0.479 e. The highest BCUT2D eigenvalue weighted by molar-refractivity contribution is 6.38. The molecule has 0 fully saturated rings. The first kappa shape index (κ1) is 28.9. The van der Waals surface area contributed by atoms with E-state index in [4.69, 9.17) is 25.6 Å². The van der Waals surface area contributed by atoms with Gasteiger partial charge >= 0.3 is 17.8 Å². The molecular weight excluding hydrogens is 555 g/mol. The molecule has 0 bridgehead atoms. The van der Waals surface area contributed by atoms with Gasteiger partial charge in [-0.3, -0.25) is 9.36 Å². The zero-order valence-electron chi connectivity index (χ0n) is 22.3. The smallest absolute Gasteiger partial charge is 0.431 e. The van der Waals surface area contributed by atoms with Crippen LogP contribution in [0.2, 0.25) is 5.02 Å². The fourth-order valence-electron chi connectivity index (χ4n) is 4.03. The summed E-state index contributed by atoms with van der Waals surface area (Å²) in [6.45, 7) is 8.55. The molecule has 1 unspecified atom stereocenters. The molecule has 4 rings (SSSR count). The fraction of sp³-hybridized carbons (Fsp3) is 0.333. The predicted molar refractivity (Wildman–Crippen MR) is 141 cm³/mol. The molecule has 2 aromatic heterocycles. The van der Waals surface area contributed by atoms with E-state index in [2.05, 4.69) is 5.16 Å². The molecule has 0 amide bonds. The Labute approximate surface area is 230 Å². The topological polar surface area (TPSA) is 106 Å². The molecule has 0 aliphatic carbocycles. The van der Waals surface area contributed by atoms with E-state index in [0.717, 1.165) is 12.6 Å². The SMILES string of the molecule is Cc1ccc(OC(C)C(=O)OC(C)(C)C)cc1-c1noc2ccc(-n3c(=O)cc(C(F)(F)F)n(C)c3=O)c(Cl)c12. The van der Waals surface area contributed by atoms with Crippen LogP contribution in [0, 0.1) is 6.92 Å². The van der Waals surface area contributed by atoms with Gasteiger partial charge in [0.1, 0.15) is 22.7 Å². The number of ether oxygens (including phenoxy) is 2. The number of aryl methyl sites for hydroxylation is 1. The van der Waals surface area contributed by atoms with Gasteiger partial charge in [-0.2, -0.15) is 13.2 Å². The van der Waals surface area contributed by atoms with E-state index in [1.165, 1.54) is 12.1 Å². The molecule has 9 nitrogen and oxygen atoms in total. The number of alkyl halides is 3. The molecule has 4 aromatic rings. The molecule has 0 spiro atoms. The molecule has 13 heteroatoms. The lowest BCUT2D eigenvalue weighted by Gasteiger charge is -2.22. The Bertz CT molecular complexity index is 1750. The molecule has 2 heterocycles. The standard InChI is InChI=1S/C27H25ClF3N3O6/c1-13-7-8-15(38-14(2)24(36)39-26(3,4)5)11-16(13)23-21-18(40-32-23)10-9-17(22(21)28)34-20(35)12-19(27(29,30)31)33(6)25(34)37/h7-12,14H,1-6H3. The van der Waals surface area contributed by atoms with Crippen LogP contribution in [0.4, 0.5) is 13.2 Å². The van der Waals surface area contributed by atoms with Crippen LogP contribution in [0.3, 0.4) is 0 Å². The Morgan fingerprint density at radius 3 is 2.40 bits per heavy atom. The summed E-state index contributed by atoms with van der Waals surface area (Å²) < 4.78 is 57.4. The molecule has 2 aromatic carbocycles. The molecule has 40 heavy (non-hydrogen) atoms. The maximum atomic E-state index is 13.3. The van der Waals surface area contributed by atoms with E-state index < -0.39 is 40.8 Å². The zero-order valence-corrected chi connectivity index (χ0v) is 23.1. The summed E-state index contributed by atoms with van der Waals surface area (Å²) in [5.41, 5.74) is -3.04. The summed E-state index contributed by atoms with van der Waals surface area (Å²) in [4.78, 5) is 37.9. The third-order valence-electron chi connectivity index (χ3n) is 5.92. The Morgan fingerprint density at radius 2 is 1.77 bits per heavy atom. The van der Waals surface area contributed by atoms with Gasteiger partial charge in [0.05, 0.1) is 16.1 Å². The number of aromatic nitrogens is 3. The predicted octanol–water partition coefficient (Wildman–Crippen LogP) is 5.43. The van der Waals surface area contributed by atoms with Crippen LogP contribution in [-0.2, 0) is 22.8 Å². The Morgan fingerprint density at radius 1 is 1.10 bits per heavy atom. The van der Waals surface area contributed by atoms with Crippen molar-refractivity contribution in [1.29, 1.82) is 0 Å². The van der Waals surface area contributed by atoms with E-state index in [1.54, 1.807) is 52.8 Å². The minimum atomic E-state index is -4.91. The fourth-order valence-corrected chi connectivity index (χ4v) is 4.36. The minimum absolute atomic E-state index is 0.138. The summed E-state index contributed by atoms with van der Waals surface area (Å²) in [5, 5.41) is 4.19. The highest BCUT2D eigenvalue weighted by atomic mass is 35.5. The van der Waals surface area contributed by atoms with Crippen molar-refractivity contribution in [2.45, 2.75) is 52.5 Å². The van der Waals surface area contributed by atoms with Crippen molar-refractivity contribution < 1.29 is 32.0 Å². The van der Waals surface area contributed by atoms with Gasteiger partial charge in [0, 0.05) is 18.7 Å². The zero-order chi connectivity index (χ0) is 29.7. The van der Waals surface area contributed by atoms with Gasteiger partial charge in [-0.25, -0.2) is 14.2 Å². The summed E-state index contributed by atoms with van der Waals surface area (Å²) in [5.74, 6) is -0.243. The van der Waals surface area contributed by atoms with E-state index in [0.29, 0.717) is 26.5 Å². The van der Waals surface area contributed by atoms with Crippen molar-refractivity contribution in [3.63, 3.8) is 0 Å². The lowest BCUT2D eigenvalue weighted by molar-refractivity contribution is -0.162. The van der Waals surface area contributed by atoms with Gasteiger partial charge in [-0.15, -0.1) is 0 Å². The third kappa shape index (κ3) is 5.48. The van der Waals surface area contributed by atoms with Gasteiger partial charge in [0.15, 0.2) is 11.7 Å². The monoisotopic (exact) mass is 579 g/mol. The van der Waals surface area contributed by atoms with Crippen molar-refractivity contribution in [2.24, 2.45) is 7.05 Å². The maximum absolute atomic E-state index is 13.3. The average molecular weight is 580 g/mol. The van der Waals surface area contributed by atoms with Crippen LogP contribution >= 0.6 is 11.6 Å². The number of nitrogens with zero attached hydrogens (tertiary/aromatic N) is 3. The van der Waals surface area contributed by atoms with Gasteiger partial charge in [-0.05, 0) is 64.4 Å². The maximum Gasteiger partial charge on any atom is 0.431 e. The van der Waals surface area contributed by atoms with Crippen molar-refractivity contribution in [2.75, 3.05) is 0 Å². The van der Waals surface area contributed by atoms with Crippen LogP contribution in [0.15, 0.2) is 50.5 Å². The van der Waals surface area contributed by atoms with Crippen LogP contribution in [0.5, 0.6) is 5.75 Å². The second-order valence-corrected chi connectivity index (χ2v) is 10.5. The first-order chi connectivity index (χ1) is 18.5. The van der Waals surface area contributed by atoms with Gasteiger partial charge in [0.25, 0.3) is 5.56 Å². The summed E-state index contributed by atoms with van der Waals surface area (Å²) >= 11 is 6.66. The van der Waals surface area contributed by atoms with Crippen molar-refractivity contribution in [3.8, 4) is 22.7 Å². The van der Waals surface area contributed by atoms with Gasteiger partial charge in [-0.1, -0.05) is 22.8 Å². The van der Waals surface area contributed by atoms with Crippen molar-refractivity contribution in [3.05, 3.63) is 73.5 Å². The number of carbonyl (C=O) groups excluding carboxylic acids is 1. The molecule has 1 atom stereocenters. The highest BCUT2D eigenvalue weighted by Crippen LogP contribution is 2.39. The van der Waals surface area contributed by atoms with Crippen LogP contribution in [-0.4, -0.2) is 32.0 Å². The molecular formula is C27H25ClF3N3O6. The number of fused-ring (bicyclic) bond motifs is 1. The summed E-state index contributed by atoms with van der Waals surface area (Å²) in [6, 6.07) is 8.00. The van der Waals surface area contributed by atoms with E-state index in [-0.39, 0.29) is 27.4 Å². The molecule has 0 saturated carbocycles. The summed E-state index contributed by atoms with van der Waals surface area (Å²) in [6.07, 6.45) is -5.84. The molecule has 0 radical (unpaired) electrons. The number of hydrogen-bond acceptors (Lipinski definition) is 7. The Hall–Kier alpha value is -4.06. The second kappa shape index (κ2) is 10.2. The first-order valence-corrected chi connectivity index (χ1v) is 12.4. The Balaban J connectivity index is 1.82. The van der Waals surface area contributed by atoms with E-state index >= 15 is 0 Å². The lowest BCUT2D eigenvalue weighted by atomic mass is 10.0. The number of esters is 1. The molecule has 212 valence electrons. The molecule has 0 aliphatic heterocycles. The van der Waals surface area contributed by atoms with E-state index in [9.17, 15) is 27.6 Å². The quantitative estimate of drug-likeness (QED) is 0.290. The molecule has 0 saturated heterocycles. The lowest BCUT2D eigenvalue weighted by Crippen LogP contribution is -2.40. The Kier molecular flexibility index (Phi) is 7.35. The second-order valence-electron chi connectivity index (χ2n) is 10.1. The van der Waals surface area contributed by atoms with Gasteiger partial charge in [0.2, 0.25) is 0 Å². The number of benzene rings is 2. The number of carbonyl (C=O) groups is 1. The highest BCUT2D eigenvalue weighted by Gasteiger charge is 2.35. The van der Waals surface area contributed by atoms with E-state index in [1.807, 2.05) is 0 Å². The van der Waals surface area contributed by atoms with Crippen LogP contribution in [0.25, 0.3) is 27.9 Å². The van der Waals surface area contributed by atoms with Crippen LogP contribution in [0.1, 0.15) is 39.0 Å².